The van der Waals surface area contributed by atoms with E-state index in [2.05, 4.69) is 32.2 Å². The Labute approximate surface area is 219 Å². The van der Waals surface area contributed by atoms with Gasteiger partial charge in [0.25, 0.3) is 5.91 Å². The van der Waals surface area contributed by atoms with Crippen LogP contribution in [0.2, 0.25) is 0 Å². The first-order valence-corrected chi connectivity index (χ1v) is 12.4. The molecular weight excluding hydrogens is 487 g/mol. The number of fused-ring (bicyclic) bond motifs is 1. The van der Waals surface area contributed by atoms with Gasteiger partial charge in [0.2, 0.25) is 0 Å². The number of pyridine rings is 1. The Balaban J connectivity index is 1.39. The van der Waals surface area contributed by atoms with Crippen LogP contribution in [0.3, 0.4) is 0 Å². The summed E-state index contributed by atoms with van der Waals surface area (Å²) >= 11 is 0. The predicted octanol–water partition coefficient (Wildman–Crippen LogP) is 4.40. The number of halogens is 1. The minimum absolute atomic E-state index is 0.0790. The van der Waals surface area contributed by atoms with Crippen molar-refractivity contribution in [3.63, 3.8) is 0 Å². The normalized spacial score (nSPS) is 14.4. The summed E-state index contributed by atoms with van der Waals surface area (Å²) < 4.78 is 26.9. The van der Waals surface area contributed by atoms with Gasteiger partial charge in [0.05, 0.1) is 24.9 Å². The van der Waals surface area contributed by atoms with Crippen LogP contribution in [0.5, 0.6) is 11.5 Å². The van der Waals surface area contributed by atoms with Gasteiger partial charge in [-0.3, -0.25) is 9.78 Å². The van der Waals surface area contributed by atoms with Gasteiger partial charge in [-0.15, -0.1) is 0 Å². The minimum atomic E-state index is -0.681. The lowest BCUT2D eigenvalue weighted by molar-refractivity contribution is 0.0996. The molecule has 1 amide bonds. The Morgan fingerprint density at radius 2 is 1.95 bits per heavy atom. The first-order valence-electron chi connectivity index (χ1n) is 12.4. The number of nitrogens with one attached hydrogen (secondary N) is 1. The number of hydrogen-bond acceptors (Lipinski definition) is 8. The Bertz CT molecular complexity index is 1470. The largest absolute Gasteiger partial charge is 0.493 e. The van der Waals surface area contributed by atoms with Crippen LogP contribution < -0.4 is 20.5 Å². The first-order chi connectivity index (χ1) is 18.4. The number of carbonyl (C=O) groups excluding carboxylic acids is 1. The van der Waals surface area contributed by atoms with Gasteiger partial charge in [0, 0.05) is 23.2 Å². The van der Waals surface area contributed by atoms with Gasteiger partial charge < -0.3 is 25.4 Å². The second kappa shape index (κ2) is 11.0. The molecule has 2 aromatic carbocycles. The third kappa shape index (κ3) is 5.35. The quantitative estimate of drug-likeness (QED) is 0.354. The molecule has 0 spiro atoms. The highest BCUT2D eigenvalue weighted by atomic mass is 19.1. The summed E-state index contributed by atoms with van der Waals surface area (Å²) in [4.78, 5) is 26.8. The molecule has 0 aliphatic carbocycles. The number of nitrogens with two attached hydrogens (primary N) is 1. The molecule has 4 aromatic rings. The number of primary amides is 1. The fraction of sp³-hybridized carbons (Fsp3) is 0.286. The average Bonchev–Trinajstić information content (AvgIpc) is 2.93. The Morgan fingerprint density at radius 3 is 2.68 bits per heavy atom. The van der Waals surface area contributed by atoms with Crippen molar-refractivity contribution < 1.29 is 18.7 Å². The van der Waals surface area contributed by atoms with Crippen LogP contribution >= 0.6 is 0 Å². The molecule has 3 heterocycles. The molecule has 1 aliphatic rings. The Hall–Kier alpha value is -4.31. The smallest absolute Gasteiger partial charge is 0.267 e. The summed E-state index contributed by atoms with van der Waals surface area (Å²) in [6.07, 6.45) is 5.07. The van der Waals surface area contributed by atoms with Crippen molar-refractivity contribution in [3.8, 4) is 22.6 Å². The highest BCUT2D eigenvalue weighted by Gasteiger charge is 2.19. The Kier molecular flexibility index (Phi) is 7.32. The van der Waals surface area contributed by atoms with Crippen LogP contribution in [-0.2, 0) is 0 Å². The summed E-state index contributed by atoms with van der Waals surface area (Å²) in [5, 5.41) is 3.71. The van der Waals surface area contributed by atoms with E-state index in [9.17, 15) is 4.79 Å². The van der Waals surface area contributed by atoms with Crippen molar-refractivity contribution >= 4 is 28.3 Å². The van der Waals surface area contributed by atoms with E-state index in [-0.39, 0.29) is 11.4 Å². The second-order valence-corrected chi connectivity index (χ2v) is 9.38. The number of benzene rings is 2. The van der Waals surface area contributed by atoms with Gasteiger partial charge in [-0.2, -0.15) is 0 Å². The number of amides is 1. The summed E-state index contributed by atoms with van der Waals surface area (Å²) in [6.45, 7) is 2.74. The van der Waals surface area contributed by atoms with E-state index in [0.717, 1.165) is 25.9 Å². The molecule has 0 saturated carbocycles. The first kappa shape index (κ1) is 25.3. The predicted molar refractivity (Wildman–Crippen MR) is 143 cm³/mol. The molecule has 10 heteroatoms. The van der Waals surface area contributed by atoms with E-state index in [0.29, 0.717) is 51.9 Å². The number of piperidine rings is 1. The van der Waals surface area contributed by atoms with E-state index >= 15 is 4.39 Å². The highest BCUT2D eigenvalue weighted by Crippen LogP contribution is 2.36. The van der Waals surface area contributed by atoms with Gasteiger partial charge in [0.15, 0.2) is 11.5 Å². The lowest BCUT2D eigenvalue weighted by Crippen LogP contribution is -2.32. The van der Waals surface area contributed by atoms with Crippen molar-refractivity contribution in [1.82, 2.24) is 19.9 Å². The van der Waals surface area contributed by atoms with Gasteiger partial charge in [0.1, 0.15) is 23.7 Å². The highest BCUT2D eigenvalue weighted by molar-refractivity contribution is 5.98. The van der Waals surface area contributed by atoms with Crippen molar-refractivity contribution in [2.45, 2.75) is 12.8 Å². The molecule has 1 saturated heterocycles. The van der Waals surface area contributed by atoms with Crippen LogP contribution in [0, 0.1) is 11.7 Å². The molecule has 38 heavy (non-hydrogen) atoms. The molecule has 196 valence electrons. The number of methoxy groups -OCH3 is 1. The van der Waals surface area contributed by atoms with Crippen LogP contribution in [-0.4, -0.2) is 59.6 Å². The zero-order valence-electron chi connectivity index (χ0n) is 21.3. The summed E-state index contributed by atoms with van der Waals surface area (Å²) in [7, 11) is 3.72. The lowest BCUT2D eigenvalue weighted by atomic mass is 9.98. The summed E-state index contributed by atoms with van der Waals surface area (Å²) in [6, 6.07) is 11.5. The van der Waals surface area contributed by atoms with Gasteiger partial charge >= 0.3 is 0 Å². The standard InChI is InChI=1S/C28H29FN6O3/c1-35-10-7-17(8-11-35)15-38-25-14-23-20(13-24(25)37-2)28(33-16-32-23)34-22-6-5-18(12-21(22)29)19-4-3-9-31-26(19)27(30)36/h3-6,9,12-14,16-17H,7-8,10-11,15H2,1-2H3,(H2,30,36)(H,32,33,34). The van der Waals surface area contributed by atoms with Crippen LogP contribution in [0.25, 0.3) is 22.0 Å². The fourth-order valence-corrected chi connectivity index (χ4v) is 4.62. The van der Waals surface area contributed by atoms with Crippen molar-refractivity contribution in [2.75, 3.05) is 39.2 Å². The number of likely N-dealkylation sites (tertiary alicyclic amines) is 1. The molecule has 0 radical (unpaired) electrons. The zero-order valence-corrected chi connectivity index (χ0v) is 21.3. The molecule has 3 N–H and O–H groups in total. The van der Waals surface area contributed by atoms with E-state index in [1.165, 1.54) is 18.6 Å². The molecule has 1 aliphatic heterocycles. The van der Waals surface area contributed by atoms with E-state index in [1.807, 2.05) is 6.07 Å². The topological polar surface area (TPSA) is 115 Å². The molecule has 5 rings (SSSR count). The number of carbonyl (C=O) groups is 1. The van der Waals surface area contributed by atoms with E-state index in [1.54, 1.807) is 37.4 Å². The lowest BCUT2D eigenvalue weighted by Gasteiger charge is -2.28. The molecule has 1 fully saturated rings. The van der Waals surface area contributed by atoms with E-state index < -0.39 is 11.7 Å². The maximum absolute atomic E-state index is 15.2. The van der Waals surface area contributed by atoms with Crippen LogP contribution in [0.1, 0.15) is 23.3 Å². The number of rotatable bonds is 8. The number of anilines is 2. The zero-order chi connectivity index (χ0) is 26.6. The van der Waals surface area contributed by atoms with Crippen molar-refractivity contribution in [1.29, 1.82) is 0 Å². The second-order valence-electron chi connectivity index (χ2n) is 9.38. The van der Waals surface area contributed by atoms with Gasteiger partial charge in [-0.05, 0) is 68.7 Å². The average molecular weight is 517 g/mol. The van der Waals surface area contributed by atoms with Crippen LogP contribution in [0.15, 0.2) is 55.0 Å². The SMILES string of the molecule is COc1cc2c(Nc3ccc(-c4cccnc4C(N)=O)cc3F)ncnc2cc1OCC1CCN(C)CC1. The minimum Gasteiger partial charge on any atom is -0.493 e. The molecule has 9 nitrogen and oxygen atoms in total. The monoisotopic (exact) mass is 516 g/mol. The van der Waals surface area contributed by atoms with E-state index in [4.69, 9.17) is 15.2 Å². The molecule has 2 aromatic heterocycles. The summed E-state index contributed by atoms with van der Waals surface area (Å²) in [5.74, 6) is 0.861. The summed E-state index contributed by atoms with van der Waals surface area (Å²) in [5.41, 5.74) is 7.29. The van der Waals surface area contributed by atoms with Crippen molar-refractivity contribution in [3.05, 3.63) is 66.5 Å². The van der Waals surface area contributed by atoms with Crippen molar-refractivity contribution in [2.24, 2.45) is 11.7 Å². The third-order valence-electron chi connectivity index (χ3n) is 6.81. The number of hydrogen-bond donors (Lipinski definition) is 2. The number of ether oxygens (including phenoxy) is 2. The van der Waals surface area contributed by atoms with Crippen LogP contribution in [0.4, 0.5) is 15.9 Å². The molecule has 0 unspecified atom stereocenters. The third-order valence-corrected chi connectivity index (χ3v) is 6.81. The molecular formula is C28H29FN6O3. The van der Waals surface area contributed by atoms with Gasteiger partial charge in [-0.1, -0.05) is 12.1 Å². The molecule has 0 bridgehead atoms. The number of nitrogens with zero attached hydrogens (tertiary/aromatic N) is 4. The van der Waals surface area contributed by atoms with Gasteiger partial charge in [-0.25, -0.2) is 14.4 Å². The maximum Gasteiger partial charge on any atom is 0.267 e. The Morgan fingerprint density at radius 1 is 1.13 bits per heavy atom. The fourth-order valence-electron chi connectivity index (χ4n) is 4.62. The number of aromatic nitrogens is 3. The maximum atomic E-state index is 15.2. The molecule has 0 atom stereocenters.